The van der Waals surface area contributed by atoms with Crippen molar-refractivity contribution in [1.29, 1.82) is 0 Å². The van der Waals surface area contributed by atoms with E-state index in [0.717, 1.165) is 11.1 Å². The van der Waals surface area contributed by atoms with E-state index in [1.165, 1.54) is 13.0 Å². The maximum atomic E-state index is 10.7. The maximum absolute atomic E-state index is 10.7. The van der Waals surface area contributed by atoms with Crippen molar-refractivity contribution < 1.29 is 9.90 Å². The second-order valence-corrected chi connectivity index (χ2v) is 3.90. The van der Waals surface area contributed by atoms with Crippen molar-refractivity contribution >= 4 is 23.5 Å². The Hall–Kier alpha value is -1.54. The molecule has 0 unspecified atom stereocenters. The molecule has 0 saturated heterocycles. The number of ketones is 1. The SMILES string of the molecule is CC(=O)/C(O)=C/C=C/c1cc(C)ccc1Cl. The zero-order valence-corrected chi connectivity index (χ0v) is 9.95. The van der Waals surface area contributed by atoms with E-state index in [1.807, 2.05) is 25.1 Å². The van der Waals surface area contributed by atoms with E-state index in [1.54, 1.807) is 12.2 Å². The van der Waals surface area contributed by atoms with E-state index < -0.39 is 0 Å². The van der Waals surface area contributed by atoms with Crippen LogP contribution in [-0.4, -0.2) is 10.9 Å². The topological polar surface area (TPSA) is 37.3 Å². The molecule has 0 fully saturated rings. The van der Waals surface area contributed by atoms with Gasteiger partial charge in [-0.1, -0.05) is 41.4 Å². The molecule has 0 aliphatic rings. The number of carbonyl (C=O) groups is 1. The van der Waals surface area contributed by atoms with Crippen molar-refractivity contribution in [1.82, 2.24) is 0 Å². The average molecular weight is 237 g/mol. The predicted octanol–water partition coefficient (Wildman–Crippen LogP) is 3.69. The lowest BCUT2D eigenvalue weighted by molar-refractivity contribution is -0.115. The minimum atomic E-state index is -0.361. The summed E-state index contributed by atoms with van der Waals surface area (Å²) in [5, 5.41) is 9.79. The van der Waals surface area contributed by atoms with Crippen LogP contribution in [0.15, 0.2) is 36.1 Å². The predicted molar refractivity (Wildman–Crippen MR) is 66.6 cm³/mol. The summed E-state index contributed by atoms with van der Waals surface area (Å²) in [5.41, 5.74) is 1.96. The van der Waals surface area contributed by atoms with Crippen molar-refractivity contribution in [2.24, 2.45) is 0 Å². The highest BCUT2D eigenvalue weighted by molar-refractivity contribution is 6.32. The van der Waals surface area contributed by atoms with Crippen LogP contribution in [0.1, 0.15) is 18.1 Å². The quantitative estimate of drug-likeness (QED) is 0.494. The van der Waals surface area contributed by atoms with Gasteiger partial charge in [-0.15, -0.1) is 0 Å². The Morgan fingerprint density at radius 1 is 1.44 bits per heavy atom. The van der Waals surface area contributed by atoms with E-state index in [2.05, 4.69) is 0 Å². The van der Waals surface area contributed by atoms with Crippen LogP contribution in [0, 0.1) is 6.92 Å². The lowest BCUT2D eigenvalue weighted by Crippen LogP contribution is -1.92. The van der Waals surface area contributed by atoms with E-state index in [4.69, 9.17) is 16.7 Å². The number of hydrogen-bond acceptors (Lipinski definition) is 2. The highest BCUT2D eigenvalue weighted by atomic mass is 35.5. The molecule has 1 rings (SSSR count). The number of allylic oxidation sites excluding steroid dienone is 3. The Labute approximate surface area is 99.9 Å². The number of aliphatic hydroxyl groups excluding tert-OH is 1. The van der Waals surface area contributed by atoms with Gasteiger partial charge in [-0.25, -0.2) is 0 Å². The Bertz CT molecular complexity index is 459. The molecule has 0 radical (unpaired) electrons. The fraction of sp³-hybridized carbons (Fsp3) is 0.154. The fourth-order valence-corrected chi connectivity index (χ4v) is 1.33. The van der Waals surface area contributed by atoms with Gasteiger partial charge >= 0.3 is 0 Å². The Morgan fingerprint density at radius 3 is 2.75 bits per heavy atom. The summed E-state index contributed by atoms with van der Waals surface area (Å²) in [5.74, 6) is -0.625. The molecule has 0 aliphatic heterocycles. The maximum Gasteiger partial charge on any atom is 0.194 e. The molecule has 1 N–H and O–H groups in total. The summed E-state index contributed by atoms with van der Waals surface area (Å²) >= 11 is 5.97. The number of benzene rings is 1. The first-order valence-corrected chi connectivity index (χ1v) is 5.23. The van der Waals surface area contributed by atoms with E-state index >= 15 is 0 Å². The second kappa shape index (κ2) is 5.52. The van der Waals surface area contributed by atoms with Crippen molar-refractivity contribution in [3.8, 4) is 0 Å². The van der Waals surface area contributed by atoms with E-state index in [9.17, 15) is 4.79 Å². The highest BCUT2D eigenvalue weighted by Crippen LogP contribution is 2.18. The normalized spacial score (nSPS) is 12.1. The molecule has 1 aromatic carbocycles. The summed E-state index contributed by atoms with van der Waals surface area (Å²) < 4.78 is 0. The zero-order valence-electron chi connectivity index (χ0n) is 9.20. The summed E-state index contributed by atoms with van der Waals surface area (Å²) in [6, 6.07) is 5.66. The first-order valence-electron chi connectivity index (χ1n) is 4.85. The third kappa shape index (κ3) is 3.55. The smallest absolute Gasteiger partial charge is 0.194 e. The summed E-state index contributed by atoms with van der Waals surface area (Å²) in [4.78, 5) is 10.7. The van der Waals surface area contributed by atoms with Crippen LogP contribution in [0.25, 0.3) is 6.08 Å². The molecule has 0 aliphatic carbocycles. The Kier molecular flexibility index (Phi) is 4.32. The minimum absolute atomic E-state index is 0.264. The van der Waals surface area contributed by atoms with Gasteiger partial charge < -0.3 is 5.11 Å². The van der Waals surface area contributed by atoms with Crippen molar-refractivity contribution in [3.63, 3.8) is 0 Å². The third-order valence-corrected chi connectivity index (χ3v) is 2.39. The second-order valence-electron chi connectivity index (χ2n) is 3.49. The van der Waals surface area contributed by atoms with Crippen molar-refractivity contribution in [2.45, 2.75) is 13.8 Å². The number of hydrogen-bond donors (Lipinski definition) is 1. The standard InChI is InChI=1S/C13H13ClO2/c1-9-6-7-12(14)11(8-9)4-3-5-13(16)10(2)15/h3-8,16H,1-2H3/b4-3+,13-5-. The molecule has 0 heterocycles. The summed E-state index contributed by atoms with van der Waals surface area (Å²) in [7, 11) is 0. The van der Waals surface area contributed by atoms with Crippen LogP contribution in [0.3, 0.4) is 0 Å². The number of halogens is 1. The molecule has 0 spiro atoms. The molecule has 0 amide bonds. The molecule has 0 atom stereocenters. The van der Waals surface area contributed by atoms with Gasteiger partial charge in [0, 0.05) is 11.9 Å². The largest absolute Gasteiger partial charge is 0.504 e. The lowest BCUT2D eigenvalue weighted by Gasteiger charge is -1.99. The zero-order chi connectivity index (χ0) is 12.1. The molecular formula is C13H13ClO2. The van der Waals surface area contributed by atoms with Crippen molar-refractivity contribution in [3.05, 3.63) is 52.3 Å². The Balaban J connectivity index is 2.88. The molecule has 16 heavy (non-hydrogen) atoms. The summed E-state index contributed by atoms with van der Waals surface area (Å²) in [6.07, 6.45) is 4.69. The number of aliphatic hydroxyl groups is 1. The van der Waals surface area contributed by atoms with Crippen LogP contribution < -0.4 is 0 Å². The van der Waals surface area contributed by atoms with Crippen LogP contribution in [0.4, 0.5) is 0 Å². The van der Waals surface area contributed by atoms with Gasteiger partial charge in [0.05, 0.1) is 0 Å². The number of carbonyl (C=O) groups excluding carboxylic acids is 1. The van der Waals surface area contributed by atoms with Crippen LogP contribution in [0.5, 0.6) is 0 Å². The van der Waals surface area contributed by atoms with Gasteiger partial charge in [-0.3, -0.25) is 4.79 Å². The highest BCUT2D eigenvalue weighted by Gasteiger charge is 1.97. The molecule has 0 bridgehead atoms. The molecule has 2 nitrogen and oxygen atoms in total. The number of Topliss-reactive ketones (excluding diaryl/α,β-unsaturated/α-hetero) is 1. The van der Waals surface area contributed by atoms with Gasteiger partial charge in [0.2, 0.25) is 0 Å². The average Bonchev–Trinajstić information content (AvgIpc) is 2.22. The van der Waals surface area contributed by atoms with Gasteiger partial charge in [0.25, 0.3) is 0 Å². The molecule has 0 saturated carbocycles. The van der Waals surface area contributed by atoms with Crippen molar-refractivity contribution in [2.75, 3.05) is 0 Å². The molecule has 1 aromatic rings. The van der Waals surface area contributed by atoms with Gasteiger partial charge in [-0.2, -0.15) is 0 Å². The molecule has 84 valence electrons. The first kappa shape index (κ1) is 12.5. The van der Waals surface area contributed by atoms with Crippen LogP contribution in [-0.2, 0) is 4.79 Å². The third-order valence-electron chi connectivity index (χ3n) is 2.04. The Morgan fingerprint density at radius 2 is 2.12 bits per heavy atom. The van der Waals surface area contributed by atoms with Gasteiger partial charge in [-0.05, 0) is 24.6 Å². The monoisotopic (exact) mass is 236 g/mol. The van der Waals surface area contributed by atoms with E-state index in [-0.39, 0.29) is 11.5 Å². The number of aryl methyl sites for hydroxylation is 1. The van der Waals surface area contributed by atoms with Gasteiger partial charge in [0.1, 0.15) is 0 Å². The van der Waals surface area contributed by atoms with E-state index in [0.29, 0.717) is 5.02 Å². The molecule has 0 aromatic heterocycles. The summed E-state index contributed by atoms with van der Waals surface area (Å²) in [6.45, 7) is 3.27. The van der Waals surface area contributed by atoms with Gasteiger partial charge in [0.15, 0.2) is 11.5 Å². The molecular weight excluding hydrogens is 224 g/mol. The lowest BCUT2D eigenvalue weighted by atomic mass is 10.1. The first-order chi connectivity index (χ1) is 7.50. The number of rotatable bonds is 3. The molecule has 3 heteroatoms. The van der Waals surface area contributed by atoms with Crippen LogP contribution in [0.2, 0.25) is 5.02 Å². The van der Waals surface area contributed by atoms with Crippen LogP contribution >= 0.6 is 11.6 Å². The minimum Gasteiger partial charge on any atom is -0.504 e. The fourth-order valence-electron chi connectivity index (χ4n) is 1.15.